The van der Waals surface area contributed by atoms with E-state index in [1.807, 2.05) is 0 Å². The van der Waals surface area contributed by atoms with Gasteiger partial charge in [0.15, 0.2) is 0 Å². The molecule has 20 heavy (non-hydrogen) atoms. The molecule has 2 aliphatic rings. The second kappa shape index (κ2) is 4.66. The Morgan fingerprint density at radius 3 is 2.75 bits per heavy atom. The van der Waals surface area contributed by atoms with Gasteiger partial charge in [0.05, 0.1) is 17.7 Å². The summed E-state index contributed by atoms with van der Waals surface area (Å²) in [6.07, 6.45) is -3.11. The van der Waals surface area contributed by atoms with Gasteiger partial charge in [-0.3, -0.25) is 0 Å². The topological polar surface area (TPSA) is 50.4 Å². The van der Waals surface area contributed by atoms with E-state index in [4.69, 9.17) is 4.74 Å². The summed E-state index contributed by atoms with van der Waals surface area (Å²) in [6.45, 7) is 0.568. The van der Waals surface area contributed by atoms with Crippen molar-refractivity contribution in [2.45, 2.75) is 31.2 Å². The summed E-state index contributed by atoms with van der Waals surface area (Å²) < 4.78 is 43.9. The van der Waals surface area contributed by atoms with Crippen molar-refractivity contribution in [1.82, 2.24) is 5.32 Å². The zero-order chi connectivity index (χ0) is 14.3. The normalized spacial score (nSPS) is 25.9. The summed E-state index contributed by atoms with van der Waals surface area (Å²) in [6, 6.07) is 2.38. The number of halogens is 3. The molecular formula is C13H13F3N2O2. The number of benzene rings is 1. The molecule has 3 rings (SSSR count). The number of urea groups is 1. The van der Waals surface area contributed by atoms with Crippen LogP contribution in [0.2, 0.25) is 0 Å². The van der Waals surface area contributed by atoms with Crippen molar-refractivity contribution in [3.05, 3.63) is 29.3 Å². The fourth-order valence-corrected chi connectivity index (χ4v) is 2.65. The van der Waals surface area contributed by atoms with Crippen LogP contribution in [-0.4, -0.2) is 18.7 Å². The number of alkyl halides is 3. The van der Waals surface area contributed by atoms with Crippen LogP contribution in [0.1, 0.15) is 30.0 Å². The zero-order valence-corrected chi connectivity index (χ0v) is 10.5. The molecule has 2 unspecified atom stereocenters. The first-order chi connectivity index (χ1) is 9.45. The average Bonchev–Trinajstić information content (AvgIpc) is 2.89. The number of hydrogen-bond donors (Lipinski definition) is 2. The summed E-state index contributed by atoms with van der Waals surface area (Å²) in [5, 5.41) is 5.17. The predicted molar refractivity (Wildman–Crippen MR) is 65.3 cm³/mol. The molecule has 1 aromatic carbocycles. The minimum atomic E-state index is -4.41. The molecule has 1 fully saturated rings. The van der Waals surface area contributed by atoms with Crippen LogP contribution in [0.4, 0.5) is 23.7 Å². The van der Waals surface area contributed by atoms with E-state index in [2.05, 4.69) is 10.6 Å². The number of ether oxygens (including phenoxy) is 1. The summed E-state index contributed by atoms with van der Waals surface area (Å²) in [5.41, 5.74) is 0.103. The van der Waals surface area contributed by atoms with Crippen LogP contribution in [0.5, 0.6) is 0 Å². The number of anilines is 1. The first kappa shape index (κ1) is 13.2. The highest BCUT2D eigenvalue weighted by molar-refractivity contribution is 5.93. The first-order valence-electron chi connectivity index (χ1n) is 6.35. The standard InChI is InChI=1S/C13H13F3N2O2/c14-13(15,16)7-3-4-9-8(6-7)11(18-12(19)17-9)10-2-1-5-20-10/h3-4,6,10-11H,1-2,5H2,(H2,17,18,19). The van der Waals surface area contributed by atoms with E-state index < -0.39 is 23.8 Å². The second-order valence-electron chi connectivity index (χ2n) is 4.93. The van der Waals surface area contributed by atoms with Crippen molar-refractivity contribution in [2.75, 3.05) is 11.9 Å². The number of carbonyl (C=O) groups excluding carboxylic acids is 1. The summed E-state index contributed by atoms with van der Waals surface area (Å²) in [4.78, 5) is 11.6. The molecule has 4 nitrogen and oxygen atoms in total. The lowest BCUT2D eigenvalue weighted by atomic mass is 9.94. The molecule has 0 bridgehead atoms. The molecule has 0 aliphatic carbocycles. The Bertz CT molecular complexity index is 539. The van der Waals surface area contributed by atoms with Gasteiger partial charge in [-0.15, -0.1) is 0 Å². The van der Waals surface area contributed by atoms with E-state index in [0.717, 1.165) is 25.0 Å². The van der Waals surface area contributed by atoms with E-state index in [9.17, 15) is 18.0 Å². The SMILES string of the molecule is O=C1Nc2ccc(C(F)(F)F)cc2C(C2CCCO2)N1. The van der Waals surface area contributed by atoms with Gasteiger partial charge < -0.3 is 15.4 Å². The molecule has 2 heterocycles. The molecule has 1 saturated heterocycles. The molecule has 0 aromatic heterocycles. The largest absolute Gasteiger partial charge is 0.416 e. The lowest BCUT2D eigenvalue weighted by molar-refractivity contribution is -0.137. The monoisotopic (exact) mass is 286 g/mol. The van der Waals surface area contributed by atoms with Crippen LogP contribution in [0.25, 0.3) is 0 Å². The summed E-state index contributed by atoms with van der Waals surface area (Å²) >= 11 is 0. The van der Waals surface area contributed by atoms with Crippen molar-refractivity contribution >= 4 is 11.7 Å². The highest BCUT2D eigenvalue weighted by Crippen LogP contribution is 2.38. The molecule has 1 aromatic rings. The third kappa shape index (κ3) is 2.33. The Balaban J connectivity index is 2.01. The molecule has 0 saturated carbocycles. The number of amides is 2. The Hall–Kier alpha value is -1.76. The van der Waals surface area contributed by atoms with Gasteiger partial charge in [0, 0.05) is 17.9 Å². The molecule has 0 radical (unpaired) electrons. The second-order valence-corrected chi connectivity index (χ2v) is 4.93. The highest BCUT2D eigenvalue weighted by Gasteiger charge is 2.37. The van der Waals surface area contributed by atoms with Crippen LogP contribution in [0.3, 0.4) is 0 Å². The number of nitrogens with one attached hydrogen (secondary N) is 2. The summed E-state index contributed by atoms with van der Waals surface area (Å²) in [7, 11) is 0. The first-order valence-corrected chi connectivity index (χ1v) is 6.35. The molecule has 2 atom stereocenters. The van der Waals surface area contributed by atoms with Crippen molar-refractivity contribution in [3.8, 4) is 0 Å². The van der Waals surface area contributed by atoms with E-state index >= 15 is 0 Å². The van der Waals surface area contributed by atoms with Gasteiger partial charge in [-0.2, -0.15) is 13.2 Å². The zero-order valence-electron chi connectivity index (χ0n) is 10.5. The number of fused-ring (bicyclic) bond motifs is 1. The van der Waals surface area contributed by atoms with Gasteiger partial charge in [0.25, 0.3) is 0 Å². The van der Waals surface area contributed by atoms with E-state index in [1.165, 1.54) is 6.07 Å². The van der Waals surface area contributed by atoms with Crippen molar-refractivity contribution in [3.63, 3.8) is 0 Å². The van der Waals surface area contributed by atoms with E-state index in [1.54, 1.807) is 0 Å². The van der Waals surface area contributed by atoms with Crippen molar-refractivity contribution < 1.29 is 22.7 Å². The Kier molecular flexibility index (Phi) is 3.08. The van der Waals surface area contributed by atoms with E-state index in [0.29, 0.717) is 17.9 Å². The van der Waals surface area contributed by atoms with Crippen molar-refractivity contribution in [2.24, 2.45) is 0 Å². The molecule has 2 N–H and O–H groups in total. The Morgan fingerprint density at radius 1 is 1.30 bits per heavy atom. The van der Waals surface area contributed by atoms with E-state index in [-0.39, 0.29) is 6.10 Å². The Morgan fingerprint density at radius 2 is 2.10 bits per heavy atom. The van der Waals surface area contributed by atoms with Crippen LogP contribution in [-0.2, 0) is 10.9 Å². The van der Waals surface area contributed by atoms with Crippen LogP contribution < -0.4 is 10.6 Å². The van der Waals surface area contributed by atoms with Gasteiger partial charge in [0.1, 0.15) is 0 Å². The maximum Gasteiger partial charge on any atom is 0.416 e. The summed E-state index contributed by atoms with van der Waals surface area (Å²) in [5.74, 6) is 0. The quantitative estimate of drug-likeness (QED) is 0.833. The molecule has 7 heteroatoms. The average molecular weight is 286 g/mol. The smallest absolute Gasteiger partial charge is 0.376 e. The molecule has 2 aliphatic heterocycles. The highest BCUT2D eigenvalue weighted by atomic mass is 19.4. The van der Waals surface area contributed by atoms with Gasteiger partial charge >= 0.3 is 12.2 Å². The molecular weight excluding hydrogens is 273 g/mol. The van der Waals surface area contributed by atoms with Crippen LogP contribution >= 0.6 is 0 Å². The maximum atomic E-state index is 12.8. The van der Waals surface area contributed by atoms with Gasteiger partial charge in [-0.1, -0.05) is 0 Å². The lowest BCUT2D eigenvalue weighted by Crippen LogP contribution is -2.43. The molecule has 2 amide bonds. The number of hydrogen-bond acceptors (Lipinski definition) is 2. The molecule has 0 spiro atoms. The fourth-order valence-electron chi connectivity index (χ4n) is 2.65. The third-order valence-corrected chi connectivity index (χ3v) is 3.59. The van der Waals surface area contributed by atoms with Crippen molar-refractivity contribution in [1.29, 1.82) is 0 Å². The minimum Gasteiger partial charge on any atom is -0.376 e. The molecule has 108 valence electrons. The number of rotatable bonds is 1. The number of carbonyl (C=O) groups is 1. The van der Waals surface area contributed by atoms with Gasteiger partial charge in [-0.25, -0.2) is 4.79 Å². The third-order valence-electron chi connectivity index (χ3n) is 3.59. The minimum absolute atomic E-state index is 0.275. The van der Waals surface area contributed by atoms with Gasteiger partial charge in [0.2, 0.25) is 0 Å². The Labute approximate surface area is 113 Å². The maximum absolute atomic E-state index is 12.8. The lowest BCUT2D eigenvalue weighted by Gasteiger charge is -2.31. The predicted octanol–water partition coefficient (Wildman–Crippen LogP) is 3.06. The fraction of sp³-hybridized carbons (Fsp3) is 0.462. The van der Waals surface area contributed by atoms with Crippen LogP contribution in [0, 0.1) is 0 Å². The van der Waals surface area contributed by atoms with Gasteiger partial charge in [-0.05, 0) is 31.0 Å². The van der Waals surface area contributed by atoms with Crippen LogP contribution in [0.15, 0.2) is 18.2 Å².